The van der Waals surface area contributed by atoms with Gasteiger partial charge in [0.1, 0.15) is 0 Å². The highest BCUT2D eigenvalue weighted by Crippen LogP contribution is 2.36. The maximum Gasteiger partial charge on any atom is 0.417 e. The Morgan fingerprint density at radius 3 is 2.38 bits per heavy atom. The first-order chi connectivity index (χ1) is 12.0. The molecule has 0 atom stereocenters. The number of carbonyl (C=O) groups is 1. The van der Waals surface area contributed by atoms with E-state index in [1.807, 2.05) is 0 Å². The lowest BCUT2D eigenvalue weighted by atomic mass is 10.1. The lowest BCUT2D eigenvalue weighted by Crippen LogP contribution is -2.19. The molecule has 0 spiro atoms. The zero-order valence-corrected chi connectivity index (χ0v) is 15.1. The number of carbonyl (C=O) groups excluding carboxylic acids is 1. The average Bonchev–Trinajstić information content (AvgIpc) is 2.54. The smallest absolute Gasteiger partial charge is 0.417 e. The van der Waals surface area contributed by atoms with Crippen molar-refractivity contribution in [1.29, 1.82) is 0 Å². The Balaban J connectivity index is 2.53. The lowest BCUT2D eigenvalue weighted by Gasteiger charge is -2.16. The van der Waals surface area contributed by atoms with Gasteiger partial charge in [-0.05, 0) is 42.8 Å². The van der Waals surface area contributed by atoms with Gasteiger partial charge < -0.3 is 4.74 Å². The number of ether oxygens (including phenoxy) is 1. The van der Waals surface area contributed by atoms with Gasteiger partial charge in [0.2, 0.25) is 0 Å². The third-order valence-corrected chi connectivity index (χ3v) is 5.10. The van der Waals surface area contributed by atoms with E-state index >= 15 is 0 Å². The second-order valence-electron chi connectivity index (χ2n) is 5.27. The summed E-state index contributed by atoms with van der Waals surface area (Å²) in [7, 11) is -3.45. The summed E-state index contributed by atoms with van der Waals surface area (Å²) in [5.74, 6) is -0.715. The van der Waals surface area contributed by atoms with Crippen molar-refractivity contribution < 1.29 is 31.1 Å². The van der Waals surface area contributed by atoms with E-state index < -0.39 is 32.6 Å². The van der Waals surface area contributed by atoms with Crippen LogP contribution in [0.5, 0.6) is 0 Å². The molecule has 0 radical (unpaired) electrons. The summed E-state index contributed by atoms with van der Waals surface area (Å²) in [6.45, 7) is 1.53. The van der Waals surface area contributed by atoms with Gasteiger partial charge in [0.05, 0.1) is 28.8 Å². The molecule has 0 amide bonds. The van der Waals surface area contributed by atoms with Crippen LogP contribution in [0.1, 0.15) is 21.5 Å². The van der Waals surface area contributed by atoms with Gasteiger partial charge >= 0.3 is 12.1 Å². The predicted molar refractivity (Wildman–Crippen MR) is 89.8 cm³/mol. The molecule has 0 saturated carbocycles. The van der Waals surface area contributed by atoms with E-state index in [0.717, 1.165) is 19.2 Å². The SMILES string of the molecule is COC(=O)c1ccc(C)c(NS(=O)(=O)c2ccc(Cl)cc2C(F)(F)F)c1. The molecule has 0 aliphatic carbocycles. The number of hydrogen-bond donors (Lipinski definition) is 1. The summed E-state index contributed by atoms with van der Waals surface area (Å²) in [4.78, 5) is 10.6. The van der Waals surface area contributed by atoms with Crippen LogP contribution in [0.4, 0.5) is 18.9 Å². The van der Waals surface area contributed by atoms with Crippen molar-refractivity contribution in [2.45, 2.75) is 18.0 Å². The van der Waals surface area contributed by atoms with Crippen molar-refractivity contribution in [3.63, 3.8) is 0 Å². The number of anilines is 1. The highest BCUT2D eigenvalue weighted by atomic mass is 35.5. The number of methoxy groups -OCH3 is 1. The van der Waals surface area contributed by atoms with Crippen molar-refractivity contribution in [2.24, 2.45) is 0 Å². The zero-order chi connectivity index (χ0) is 19.7. The fourth-order valence-corrected chi connectivity index (χ4v) is 3.64. The third kappa shape index (κ3) is 4.28. The van der Waals surface area contributed by atoms with Crippen molar-refractivity contribution in [3.8, 4) is 0 Å². The molecule has 1 N–H and O–H groups in total. The second-order valence-corrected chi connectivity index (χ2v) is 7.35. The van der Waals surface area contributed by atoms with Crippen LogP contribution < -0.4 is 4.72 Å². The Labute approximate surface area is 152 Å². The van der Waals surface area contributed by atoms with Crippen LogP contribution in [0.25, 0.3) is 0 Å². The molecule has 26 heavy (non-hydrogen) atoms. The fourth-order valence-electron chi connectivity index (χ4n) is 2.13. The molecule has 2 rings (SSSR count). The van der Waals surface area contributed by atoms with E-state index in [1.165, 1.54) is 25.1 Å². The molecule has 10 heteroatoms. The summed E-state index contributed by atoms with van der Waals surface area (Å²) in [5.41, 5.74) is -0.984. The molecule has 0 saturated heterocycles. The van der Waals surface area contributed by atoms with Crippen LogP contribution in [0, 0.1) is 6.92 Å². The van der Waals surface area contributed by atoms with Gasteiger partial charge in [-0.1, -0.05) is 17.7 Å². The van der Waals surface area contributed by atoms with Gasteiger partial charge in [0.25, 0.3) is 10.0 Å². The van der Waals surface area contributed by atoms with Gasteiger partial charge in [-0.25, -0.2) is 13.2 Å². The van der Waals surface area contributed by atoms with Crippen LogP contribution in [-0.4, -0.2) is 21.5 Å². The summed E-state index contributed by atoms with van der Waals surface area (Å²) in [5, 5.41) is -0.250. The number of halogens is 4. The van der Waals surface area contributed by atoms with Gasteiger partial charge in [0.15, 0.2) is 0 Å². The Morgan fingerprint density at radius 2 is 1.81 bits per heavy atom. The molecule has 0 unspecified atom stereocenters. The van der Waals surface area contributed by atoms with Gasteiger partial charge in [-0.15, -0.1) is 0 Å². The molecule has 0 aliphatic heterocycles. The van der Waals surface area contributed by atoms with E-state index in [4.69, 9.17) is 11.6 Å². The van der Waals surface area contributed by atoms with E-state index in [-0.39, 0.29) is 16.3 Å². The third-order valence-electron chi connectivity index (χ3n) is 3.44. The molecule has 140 valence electrons. The zero-order valence-electron chi connectivity index (χ0n) is 13.5. The number of sulfonamides is 1. The van der Waals surface area contributed by atoms with Crippen LogP contribution in [0.3, 0.4) is 0 Å². The minimum absolute atomic E-state index is 0.0444. The quantitative estimate of drug-likeness (QED) is 0.769. The summed E-state index contributed by atoms with van der Waals surface area (Å²) >= 11 is 5.56. The molecule has 0 fully saturated rings. The number of rotatable bonds is 4. The van der Waals surface area contributed by atoms with Gasteiger partial charge in [-0.2, -0.15) is 13.2 Å². The molecule has 2 aromatic carbocycles. The van der Waals surface area contributed by atoms with Gasteiger partial charge in [0, 0.05) is 5.02 Å². The molecule has 0 bridgehead atoms. The molecule has 0 heterocycles. The predicted octanol–water partition coefficient (Wildman–Crippen LogP) is 4.25. The largest absolute Gasteiger partial charge is 0.465 e. The number of hydrogen-bond acceptors (Lipinski definition) is 4. The number of aryl methyl sites for hydroxylation is 1. The van der Waals surface area contributed by atoms with E-state index in [0.29, 0.717) is 11.6 Å². The fraction of sp³-hybridized carbons (Fsp3) is 0.188. The first kappa shape index (κ1) is 20.1. The van der Waals surface area contributed by atoms with Crippen LogP contribution in [0.15, 0.2) is 41.3 Å². The molecular weight excluding hydrogens is 395 g/mol. The number of nitrogens with one attached hydrogen (secondary N) is 1. The van der Waals surface area contributed by atoms with Crippen molar-refractivity contribution >= 4 is 33.3 Å². The molecule has 5 nitrogen and oxygen atoms in total. The summed E-state index contributed by atoms with van der Waals surface area (Å²) < 4.78 is 71.2. The van der Waals surface area contributed by atoms with Crippen molar-refractivity contribution in [2.75, 3.05) is 11.8 Å². The average molecular weight is 408 g/mol. The van der Waals surface area contributed by atoms with E-state index in [9.17, 15) is 26.4 Å². The standard InChI is InChI=1S/C16H13ClF3NO4S/c1-9-3-4-10(15(22)25-2)7-13(9)21-26(23,24)14-6-5-11(17)8-12(14)16(18,19)20/h3-8,21H,1-2H3. The van der Waals surface area contributed by atoms with Gasteiger partial charge in [-0.3, -0.25) is 4.72 Å². The normalized spacial score (nSPS) is 11.9. The Morgan fingerprint density at radius 1 is 1.15 bits per heavy atom. The highest BCUT2D eigenvalue weighted by molar-refractivity contribution is 7.92. The Bertz CT molecular complexity index is 958. The summed E-state index contributed by atoms with van der Waals surface area (Å²) in [6, 6.07) is 6.38. The minimum Gasteiger partial charge on any atom is -0.465 e. The number of benzene rings is 2. The van der Waals surface area contributed by atoms with E-state index in [2.05, 4.69) is 9.46 Å². The molecular formula is C16H13ClF3NO4S. The maximum atomic E-state index is 13.2. The highest BCUT2D eigenvalue weighted by Gasteiger charge is 2.37. The van der Waals surface area contributed by atoms with Crippen LogP contribution in [0.2, 0.25) is 5.02 Å². The van der Waals surface area contributed by atoms with E-state index in [1.54, 1.807) is 0 Å². The lowest BCUT2D eigenvalue weighted by molar-refractivity contribution is -0.139. The van der Waals surface area contributed by atoms with Crippen molar-refractivity contribution in [3.05, 3.63) is 58.1 Å². The van der Waals surface area contributed by atoms with Crippen LogP contribution in [-0.2, 0) is 20.9 Å². The minimum atomic E-state index is -4.92. The Hall–Kier alpha value is -2.26. The number of esters is 1. The maximum absolute atomic E-state index is 13.2. The topological polar surface area (TPSA) is 72.5 Å². The van der Waals surface area contributed by atoms with Crippen molar-refractivity contribution in [1.82, 2.24) is 0 Å². The second kappa shape index (κ2) is 7.16. The molecule has 2 aromatic rings. The Kier molecular flexibility index (Phi) is 5.52. The monoisotopic (exact) mass is 407 g/mol. The molecule has 0 aromatic heterocycles. The summed E-state index contributed by atoms with van der Waals surface area (Å²) in [6.07, 6.45) is -4.92. The first-order valence-electron chi connectivity index (χ1n) is 7.04. The molecule has 0 aliphatic rings. The van der Waals surface area contributed by atoms with Crippen LogP contribution >= 0.6 is 11.6 Å². The number of alkyl halides is 3. The first-order valence-corrected chi connectivity index (χ1v) is 8.90.